The molecule has 6 heteroatoms. The molecule has 0 saturated carbocycles. The smallest absolute Gasteiger partial charge is 0.217 e. The zero-order valence-corrected chi connectivity index (χ0v) is 11.7. The normalized spacial score (nSPS) is 19.3. The molecule has 1 aromatic rings. The molecule has 106 valence electrons. The zero-order valence-electron chi connectivity index (χ0n) is 11.7. The van der Waals surface area contributed by atoms with E-state index in [0.29, 0.717) is 12.6 Å². The van der Waals surface area contributed by atoms with Crippen LogP contribution in [0.3, 0.4) is 0 Å². The Bertz CT molecular complexity index is 422. The lowest BCUT2D eigenvalue weighted by atomic mass is 10.0. The molecule has 1 aromatic heterocycles. The van der Waals surface area contributed by atoms with Gasteiger partial charge in [-0.15, -0.1) is 0 Å². The fourth-order valence-electron chi connectivity index (χ4n) is 2.75. The van der Waals surface area contributed by atoms with E-state index in [9.17, 15) is 4.79 Å². The Balaban J connectivity index is 1.93. The largest absolute Gasteiger partial charge is 0.354 e. The number of aryl methyl sites for hydroxylation is 1. The van der Waals surface area contributed by atoms with Crippen LogP contribution in [0.1, 0.15) is 31.4 Å². The maximum Gasteiger partial charge on any atom is 0.217 e. The summed E-state index contributed by atoms with van der Waals surface area (Å²) in [4.78, 5) is 13.4. The summed E-state index contributed by atoms with van der Waals surface area (Å²) in [7, 11) is 1.92. The SMILES string of the molecule is CC(=O)NC1CCN(C(CN)c2cnn(C)c2)CC1. The van der Waals surface area contributed by atoms with Crippen molar-refractivity contribution in [1.29, 1.82) is 0 Å². The third-order valence-electron chi connectivity index (χ3n) is 3.71. The van der Waals surface area contributed by atoms with Crippen molar-refractivity contribution in [3.63, 3.8) is 0 Å². The van der Waals surface area contributed by atoms with Gasteiger partial charge in [-0.25, -0.2) is 0 Å². The highest BCUT2D eigenvalue weighted by atomic mass is 16.1. The second-order valence-corrected chi connectivity index (χ2v) is 5.21. The van der Waals surface area contributed by atoms with Gasteiger partial charge in [0.05, 0.1) is 12.2 Å². The first kappa shape index (κ1) is 14.0. The maximum absolute atomic E-state index is 11.1. The molecule has 0 aromatic carbocycles. The molecule has 1 amide bonds. The minimum Gasteiger partial charge on any atom is -0.354 e. The average Bonchev–Trinajstić information content (AvgIpc) is 2.78. The van der Waals surface area contributed by atoms with E-state index in [2.05, 4.69) is 15.3 Å². The Hall–Kier alpha value is -1.40. The fourth-order valence-corrected chi connectivity index (χ4v) is 2.75. The number of hydrogen-bond donors (Lipinski definition) is 2. The number of piperidine rings is 1. The van der Waals surface area contributed by atoms with Gasteiger partial charge in [0.1, 0.15) is 0 Å². The number of nitrogens with zero attached hydrogens (tertiary/aromatic N) is 3. The van der Waals surface area contributed by atoms with E-state index >= 15 is 0 Å². The van der Waals surface area contributed by atoms with Crippen molar-refractivity contribution in [3.8, 4) is 0 Å². The van der Waals surface area contributed by atoms with Gasteiger partial charge in [0.15, 0.2) is 0 Å². The van der Waals surface area contributed by atoms with Gasteiger partial charge >= 0.3 is 0 Å². The number of rotatable bonds is 4. The first-order valence-corrected chi connectivity index (χ1v) is 6.80. The quantitative estimate of drug-likeness (QED) is 0.805. The van der Waals surface area contributed by atoms with Crippen LogP contribution in [0.4, 0.5) is 0 Å². The highest BCUT2D eigenvalue weighted by Gasteiger charge is 2.26. The standard InChI is InChI=1S/C13H23N5O/c1-10(19)16-12-3-5-18(6-4-12)13(7-14)11-8-15-17(2)9-11/h8-9,12-13H,3-7,14H2,1-2H3,(H,16,19). The van der Waals surface area contributed by atoms with Gasteiger partial charge in [0.25, 0.3) is 0 Å². The molecule has 1 aliphatic heterocycles. The van der Waals surface area contributed by atoms with E-state index < -0.39 is 0 Å². The Morgan fingerprint density at radius 2 is 2.26 bits per heavy atom. The summed E-state index contributed by atoms with van der Waals surface area (Å²) < 4.78 is 1.81. The summed E-state index contributed by atoms with van der Waals surface area (Å²) >= 11 is 0. The number of amides is 1. The molecule has 2 heterocycles. The summed E-state index contributed by atoms with van der Waals surface area (Å²) in [5.41, 5.74) is 7.08. The molecule has 2 rings (SSSR count). The summed E-state index contributed by atoms with van der Waals surface area (Å²) in [6.45, 7) is 4.09. The highest BCUT2D eigenvalue weighted by Crippen LogP contribution is 2.23. The monoisotopic (exact) mass is 265 g/mol. The molecule has 1 unspecified atom stereocenters. The molecule has 0 spiro atoms. The van der Waals surface area contributed by atoms with Gasteiger partial charge in [-0.1, -0.05) is 0 Å². The Labute approximate surface area is 113 Å². The second-order valence-electron chi connectivity index (χ2n) is 5.21. The maximum atomic E-state index is 11.1. The number of nitrogens with one attached hydrogen (secondary N) is 1. The number of aromatic nitrogens is 2. The highest BCUT2D eigenvalue weighted by molar-refractivity contribution is 5.73. The first-order chi connectivity index (χ1) is 9.10. The van der Waals surface area contributed by atoms with Crippen LogP contribution in [0.2, 0.25) is 0 Å². The van der Waals surface area contributed by atoms with Crippen LogP contribution in [0.5, 0.6) is 0 Å². The predicted octanol–water partition coefficient (Wildman–Crippen LogP) is 0.0204. The van der Waals surface area contributed by atoms with Crippen LogP contribution >= 0.6 is 0 Å². The molecule has 19 heavy (non-hydrogen) atoms. The molecule has 1 aliphatic rings. The van der Waals surface area contributed by atoms with Crippen molar-refractivity contribution in [2.45, 2.75) is 31.8 Å². The molecular weight excluding hydrogens is 242 g/mol. The van der Waals surface area contributed by atoms with Crippen LogP contribution < -0.4 is 11.1 Å². The molecule has 1 fully saturated rings. The number of likely N-dealkylation sites (tertiary alicyclic amines) is 1. The van der Waals surface area contributed by atoms with Crippen LogP contribution in [0.25, 0.3) is 0 Å². The Kier molecular flexibility index (Phi) is 4.55. The third kappa shape index (κ3) is 3.54. The third-order valence-corrected chi connectivity index (χ3v) is 3.71. The van der Waals surface area contributed by atoms with Gasteiger partial charge in [0, 0.05) is 51.4 Å². The zero-order chi connectivity index (χ0) is 13.8. The van der Waals surface area contributed by atoms with Crippen molar-refractivity contribution in [3.05, 3.63) is 18.0 Å². The predicted molar refractivity (Wildman–Crippen MR) is 73.4 cm³/mol. The summed E-state index contributed by atoms with van der Waals surface area (Å²) in [6, 6.07) is 0.535. The van der Waals surface area contributed by atoms with Gasteiger partial charge in [-0.3, -0.25) is 14.4 Å². The molecule has 1 saturated heterocycles. The lowest BCUT2D eigenvalue weighted by Crippen LogP contribution is -2.46. The van der Waals surface area contributed by atoms with Gasteiger partial charge in [0.2, 0.25) is 5.91 Å². The van der Waals surface area contributed by atoms with Crippen LogP contribution in [0.15, 0.2) is 12.4 Å². The molecule has 0 aliphatic carbocycles. The van der Waals surface area contributed by atoms with Crippen LogP contribution in [-0.2, 0) is 11.8 Å². The lowest BCUT2D eigenvalue weighted by Gasteiger charge is -2.36. The van der Waals surface area contributed by atoms with Crippen molar-refractivity contribution in [2.75, 3.05) is 19.6 Å². The number of hydrogen-bond acceptors (Lipinski definition) is 4. The van der Waals surface area contributed by atoms with E-state index in [1.54, 1.807) is 6.92 Å². The average molecular weight is 265 g/mol. The van der Waals surface area contributed by atoms with E-state index in [-0.39, 0.29) is 11.9 Å². The molecule has 0 radical (unpaired) electrons. The van der Waals surface area contributed by atoms with Crippen LogP contribution in [-0.4, -0.2) is 46.3 Å². The topological polar surface area (TPSA) is 76.2 Å². The molecular formula is C13H23N5O. The Morgan fingerprint density at radius 1 is 1.58 bits per heavy atom. The molecule has 0 bridgehead atoms. The minimum atomic E-state index is 0.0566. The molecule has 1 atom stereocenters. The summed E-state index contributed by atoms with van der Waals surface area (Å²) in [6.07, 6.45) is 5.88. The molecule has 6 nitrogen and oxygen atoms in total. The fraction of sp³-hybridized carbons (Fsp3) is 0.692. The first-order valence-electron chi connectivity index (χ1n) is 6.80. The van der Waals surface area contributed by atoms with Gasteiger partial charge in [-0.05, 0) is 12.8 Å². The lowest BCUT2D eigenvalue weighted by molar-refractivity contribution is -0.120. The number of nitrogens with two attached hydrogens (primary N) is 1. The Morgan fingerprint density at radius 3 is 2.74 bits per heavy atom. The van der Waals surface area contributed by atoms with E-state index in [1.165, 1.54) is 5.56 Å². The summed E-state index contributed by atoms with van der Waals surface area (Å²) in [5, 5.41) is 7.20. The van der Waals surface area contributed by atoms with Crippen molar-refractivity contribution < 1.29 is 4.79 Å². The van der Waals surface area contributed by atoms with Gasteiger partial charge < -0.3 is 11.1 Å². The number of carbonyl (C=O) groups excluding carboxylic acids is 1. The van der Waals surface area contributed by atoms with Crippen molar-refractivity contribution >= 4 is 5.91 Å². The van der Waals surface area contributed by atoms with Crippen LogP contribution in [0, 0.1) is 0 Å². The van der Waals surface area contributed by atoms with E-state index in [0.717, 1.165) is 25.9 Å². The van der Waals surface area contributed by atoms with E-state index in [1.807, 2.05) is 24.1 Å². The van der Waals surface area contributed by atoms with Gasteiger partial charge in [-0.2, -0.15) is 5.10 Å². The van der Waals surface area contributed by atoms with Crippen molar-refractivity contribution in [1.82, 2.24) is 20.0 Å². The minimum absolute atomic E-state index is 0.0566. The summed E-state index contributed by atoms with van der Waals surface area (Å²) in [5.74, 6) is 0.0566. The van der Waals surface area contributed by atoms with E-state index in [4.69, 9.17) is 5.73 Å². The van der Waals surface area contributed by atoms with Crippen molar-refractivity contribution in [2.24, 2.45) is 12.8 Å². The molecule has 3 N–H and O–H groups in total. The second kappa shape index (κ2) is 6.16. The number of carbonyl (C=O) groups is 1.